The van der Waals surface area contributed by atoms with Crippen LogP contribution in [-0.2, 0) is 16.0 Å². The highest BCUT2D eigenvalue weighted by molar-refractivity contribution is 5.86. The summed E-state index contributed by atoms with van der Waals surface area (Å²) < 4.78 is 5.79. The quantitative estimate of drug-likeness (QED) is 0.510. The summed E-state index contributed by atoms with van der Waals surface area (Å²) in [5.74, 6) is 0.827. The molecule has 0 saturated heterocycles. The van der Waals surface area contributed by atoms with Crippen LogP contribution < -0.4 is 4.74 Å². The molecule has 0 aromatic heterocycles. The lowest BCUT2D eigenvalue weighted by molar-refractivity contribution is -0.131. The minimum atomic E-state index is -0.783. The van der Waals surface area contributed by atoms with Crippen LogP contribution >= 0.6 is 0 Å². The van der Waals surface area contributed by atoms with Crippen LogP contribution in [0.25, 0.3) is 0 Å². The van der Waals surface area contributed by atoms with E-state index < -0.39 is 5.60 Å². The van der Waals surface area contributed by atoms with E-state index in [-0.39, 0.29) is 5.78 Å². The molecule has 0 saturated carbocycles. The molecule has 0 radical (unpaired) electrons. The van der Waals surface area contributed by atoms with Gasteiger partial charge in [0.15, 0.2) is 11.4 Å². The zero-order valence-electron chi connectivity index (χ0n) is 12.6. The maximum atomic E-state index is 12.0. The highest BCUT2D eigenvalue weighted by Gasteiger charge is 2.28. The molecule has 3 heteroatoms. The fourth-order valence-electron chi connectivity index (χ4n) is 1.99. The van der Waals surface area contributed by atoms with Crippen molar-refractivity contribution in [1.29, 1.82) is 0 Å². The predicted octanol–water partition coefficient (Wildman–Crippen LogP) is 3.73. The summed E-state index contributed by atoms with van der Waals surface area (Å²) in [4.78, 5) is 22.2. The van der Waals surface area contributed by atoms with Crippen molar-refractivity contribution in [2.24, 2.45) is 0 Å². The number of aryl methyl sites for hydroxylation is 1. The molecule has 0 amide bonds. The van der Waals surface area contributed by atoms with Crippen molar-refractivity contribution in [3.05, 3.63) is 29.8 Å². The molecule has 0 N–H and O–H groups in total. The Labute approximate surface area is 121 Å². The molecule has 0 aliphatic heterocycles. The summed E-state index contributed by atoms with van der Waals surface area (Å²) in [5, 5.41) is 0. The molecule has 0 spiro atoms. The highest BCUT2D eigenvalue weighted by atomic mass is 16.5. The summed E-state index contributed by atoms with van der Waals surface area (Å²) >= 11 is 0. The van der Waals surface area contributed by atoms with E-state index >= 15 is 0 Å². The maximum absolute atomic E-state index is 12.0. The molecule has 0 aliphatic rings. The number of Topliss-reactive ketones (excluding diaryl/α,β-unsaturated/α-hetero) is 1. The summed E-state index contributed by atoms with van der Waals surface area (Å²) in [6.45, 7) is 5.61. The van der Waals surface area contributed by atoms with Crippen molar-refractivity contribution in [1.82, 2.24) is 0 Å². The summed E-state index contributed by atoms with van der Waals surface area (Å²) in [6.07, 6.45) is 4.66. The number of rotatable bonds is 9. The molecule has 3 nitrogen and oxygen atoms in total. The van der Waals surface area contributed by atoms with Gasteiger partial charge in [0, 0.05) is 12.8 Å². The van der Waals surface area contributed by atoms with E-state index in [0.717, 1.165) is 25.5 Å². The molecular formula is C17H24O3. The Morgan fingerprint density at radius 1 is 1.25 bits per heavy atom. The number of ketones is 1. The van der Waals surface area contributed by atoms with Crippen LogP contribution in [0.2, 0.25) is 0 Å². The first kappa shape index (κ1) is 16.4. The molecule has 1 rings (SSSR count). The average Bonchev–Trinajstić information content (AvgIpc) is 2.41. The first-order chi connectivity index (χ1) is 9.49. The van der Waals surface area contributed by atoms with Gasteiger partial charge in [0.1, 0.15) is 12.0 Å². The minimum Gasteiger partial charge on any atom is -0.480 e. The second-order valence-electron chi connectivity index (χ2n) is 5.49. The minimum absolute atomic E-state index is 0.120. The molecule has 1 aromatic carbocycles. The van der Waals surface area contributed by atoms with E-state index in [9.17, 15) is 9.59 Å². The van der Waals surface area contributed by atoms with E-state index in [1.807, 2.05) is 45.0 Å². The number of hydrogen-bond acceptors (Lipinski definition) is 3. The van der Waals surface area contributed by atoms with E-state index in [0.29, 0.717) is 18.6 Å². The topological polar surface area (TPSA) is 43.4 Å². The van der Waals surface area contributed by atoms with Gasteiger partial charge in [0.05, 0.1) is 0 Å². The average molecular weight is 276 g/mol. The van der Waals surface area contributed by atoms with Gasteiger partial charge in [-0.05, 0) is 50.8 Å². The molecule has 0 heterocycles. The smallest absolute Gasteiger partial charge is 0.175 e. The van der Waals surface area contributed by atoms with Crippen LogP contribution in [-0.4, -0.2) is 17.7 Å². The molecule has 0 atom stereocenters. The Kier molecular flexibility index (Phi) is 6.43. The third-order valence-electron chi connectivity index (χ3n) is 3.23. The maximum Gasteiger partial charge on any atom is 0.175 e. The fraction of sp³-hybridized carbons (Fsp3) is 0.529. The first-order valence-electron chi connectivity index (χ1n) is 7.24. The largest absolute Gasteiger partial charge is 0.480 e. The second-order valence-corrected chi connectivity index (χ2v) is 5.49. The number of unbranched alkanes of at least 4 members (excludes halogenated alkanes) is 1. The number of carbonyl (C=O) groups is 2. The lowest BCUT2D eigenvalue weighted by Gasteiger charge is -2.25. The third kappa shape index (κ3) is 5.16. The molecular weight excluding hydrogens is 252 g/mol. The normalized spacial score (nSPS) is 11.2. The van der Waals surface area contributed by atoms with Crippen molar-refractivity contribution < 1.29 is 14.3 Å². The lowest BCUT2D eigenvalue weighted by atomic mass is 9.99. The highest BCUT2D eigenvalue weighted by Crippen LogP contribution is 2.21. The molecule has 0 unspecified atom stereocenters. The summed E-state index contributed by atoms with van der Waals surface area (Å²) in [6, 6.07) is 7.75. The zero-order chi connectivity index (χ0) is 15.0. The van der Waals surface area contributed by atoms with E-state index in [2.05, 4.69) is 0 Å². The van der Waals surface area contributed by atoms with Crippen molar-refractivity contribution in [2.45, 2.75) is 58.5 Å². The Balaban J connectivity index is 2.60. The number of aldehydes is 1. The Hall–Kier alpha value is -1.64. The molecule has 1 aromatic rings. The number of carbonyl (C=O) groups excluding carboxylic acids is 2. The van der Waals surface area contributed by atoms with Gasteiger partial charge in [-0.3, -0.25) is 4.79 Å². The van der Waals surface area contributed by atoms with Crippen LogP contribution in [0.3, 0.4) is 0 Å². The van der Waals surface area contributed by atoms with Gasteiger partial charge in [-0.2, -0.15) is 0 Å². The zero-order valence-corrected chi connectivity index (χ0v) is 12.6. The van der Waals surface area contributed by atoms with Gasteiger partial charge in [-0.25, -0.2) is 0 Å². The van der Waals surface area contributed by atoms with Crippen LogP contribution in [0.5, 0.6) is 5.75 Å². The monoisotopic (exact) mass is 276 g/mol. The van der Waals surface area contributed by atoms with Crippen LogP contribution in [0.15, 0.2) is 24.3 Å². The molecule has 0 bridgehead atoms. The van der Waals surface area contributed by atoms with Crippen LogP contribution in [0, 0.1) is 0 Å². The standard InChI is InChI=1S/C17H24O3/c1-4-7-16(19)17(2,3)20-15-11-9-14(10-12-15)8-5-6-13-18/h9-13H,4-8H2,1-3H3. The third-order valence-corrected chi connectivity index (χ3v) is 3.23. The van der Waals surface area contributed by atoms with Gasteiger partial charge in [0.2, 0.25) is 0 Å². The van der Waals surface area contributed by atoms with E-state index in [1.165, 1.54) is 5.56 Å². The summed E-state index contributed by atoms with van der Waals surface area (Å²) in [5.41, 5.74) is 0.395. The van der Waals surface area contributed by atoms with Gasteiger partial charge in [-0.15, -0.1) is 0 Å². The number of hydrogen-bond donors (Lipinski definition) is 0. The van der Waals surface area contributed by atoms with Crippen LogP contribution in [0.1, 0.15) is 52.0 Å². The summed E-state index contributed by atoms with van der Waals surface area (Å²) in [7, 11) is 0. The number of ether oxygens (including phenoxy) is 1. The Morgan fingerprint density at radius 2 is 1.90 bits per heavy atom. The fourth-order valence-corrected chi connectivity index (χ4v) is 1.99. The van der Waals surface area contributed by atoms with Crippen molar-refractivity contribution in [3.8, 4) is 5.75 Å². The molecule has 0 fully saturated rings. The molecule has 110 valence electrons. The predicted molar refractivity (Wildman–Crippen MR) is 80.1 cm³/mol. The molecule has 20 heavy (non-hydrogen) atoms. The van der Waals surface area contributed by atoms with Crippen molar-refractivity contribution >= 4 is 12.1 Å². The SMILES string of the molecule is CCCC(=O)C(C)(C)Oc1ccc(CCCC=O)cc1. The lowest BCUT2D eigenvalue weighted by Crippen LogP contribution is -2.38. The van der Waals surface area contributed by atoms with Gasteiger partial charge in [-0.1, -0.05) is 19.1 Å². The van der Waals surface area contributed by atoms with Crippen molar-refractivity contribution in [3.63, 3.8) is 0 Å². The van der Waals surface area contributed by atoms with Gasteiger partial charge >= 0.3 is 0 Å². The molecule has 0 aliphatic carbocycles. The number of benzene rings is 1. The van der Waals surface area contributed by atoms with E-state index in [4.69, 9.17) is 4.74 Å². The Bertz CT molecular complexity index is 432. The van der Waals surface area contributed by atoms with Gasteiger partial charge < -0.3 is 9.53 Å². The van der Waals surface area contributed by atoms with Crippen LogP contribution in [0.4, 0.5) is 0 Å². The van der Waals surface area contributed by atoms with Crippen molar-refractivity contribution in [2.75, 3.05) is 0 Å². The Morgan fingerprint density at radius 3 is 2.45 bits per heavy atom. The van der Waals surface area contributed by atoms with Gasteiger partial charge in [0.25, 0.3) is 0 Å². The second kappa shape index (κ2) is 7.83. The van der Waals surface area contributed by atoms with E-state index in [1.54, 1.807) is 0 Å². The first-order valence-corrected chi connectivity index (χ1v) is 7.24.